The second kappa shape index (κ2) is 5.18. The van der Waals surface area contributed by atoms with Gasteiger partial charge in [0.2, 0.25) is 0 Å². The third-order valence-electron chi connectivity index (χ3n) is 2.28. The lowest BCUT2D eigenvalue weighted by molar-refractivity contribution is 0.777. The van der Waals surface area contributed by atoms with Crippen LogP contribution in [-0.2, 0) is 6.42 Å². The molecule has 0 amide bonds. The Balaban J connectivity index is 2.29. The molecule has 0 aliphatic rings. The van der Waals surface area contributed by atoms with Crippen molar-refractivity contribution in [2.24, 2.45) is 5.73 Å². The first-order chi connectivity index (χ1) is 7.79. The molecule has 0 aromatic carbocycles. The van der Waals surface area contributed by atoms with Crippen molar-refractivity contribution in [1.82, 2.24) is 9.97 Å². The van der Waals surface area contributed by atoms with E-state index in [0.29, 0.717) is 6.54 Å². The highest BCUT2D eigenvalue weighted by Gasteiger charge is 2.05. The number of aryl methyl sites for hydroxylation is 2. The van der Waals surface area contributed by atoms with Gasteiger partial charge in [0, 0.05) is 12.1 Å². The summed E-state index contributed by atoms with van der Waals surface area (Å²) in [4.78, 5) is 10.2. The van der Waals surface area contributed by atoms with Crippen LogP contribution in [0.5, 0.6) is 0 Å². The molecule has 2 heterocycles. The first kappa shape index (κ1) is 11.2. The summed E-state index contributed by atoms with van der Waals surface area (Å²) in [6.07, 6.45) is 1.80. The Labute approximate surface area is 99.4 Å². The molecule has 3 nitrogen and oxygen atoms in total. The third kappa shape index (κ3) is 2.65. The van der Waals surface area contributed by atoms with E-state index in [9.17, 15) is 0 Å². The summed E-state index contributed by atoms with van der Waals surface area (Å²) >= 11 is 1.70. The average molecular weight is 233 g/mol. The lowest BCUT2D eigenvalue weighted by Gasteiger charge is -2.03. The van der Waals surface area contributed by atoms with E-state index in [4.69, 9.17) is 5.73 Å². The van der Waals surface area contributed by atoms with Crippen LogP contribution in [0.2, 0.25) is 0 Å². The van der Waals surface area contributed by atoms with Crippen LogP contribution in [0.1, 0.15) is 17.9 Å². The third-order valence-corrected chi connectivity index (χ3v) is 3.17. The zero-order chi connectivity index (χ0) is 11.4. The highest BCUT2D eigenvalue weighted by Crippen LogP contribution is 2.23. The second-order valence-corrected chi connectivity index (χ2v) is 4.63. The van der Waals surface area contributed by atoms with E-state index in [0.717, 1.165) is 30.1 Å². The Hall–Kier alpha value is -1.26. The van der Waals surface area contributed by atoms with Gasteiger partial charge in [0.25, 0.3) is 0 Å². The van der Waals surface area contributed by atoms with Crippen molar-refractivity contribution in [3.05, 3.63) is 35.1 Å². The zero-order valence-corrected chi connectivity index (χ0v) is 10.1. The fourth-order valence-corrected chi connectivity index (χ4v) is 2.24. The largest absolute Gasteiger partial charge is 0.330 e. The monoisotopic (exact) mass is 233 g/mol. The Bertz CT molecular complexity index is 451. The van der Waals surface area contributed by atoms with E-state index in [1.807, 2.05) is 19.1 Å². The molecule has 2 N–H and O–H groups in total. The molecule has 0 spiro atoms. The van der Waals surface area contributed by atoms with E-state index in [1.165, 1.54) is 4.88 Å². The van der Waals surface area contributed by atoms with Gasteiger partial charge in [0.15, 0.2) is 0 Å². The summed E-state index contributed by atoms with van der Waals surface area (Å²) < 4.78 is 0. The molecule has 0 aliphatic heterocycles. The minimum atomic E-state index is 0.686. The lowest BCUT2D eigenvalue weighted by Crippen LogP contribution is -2.04. The Kier molecular flexibility index (Phi) is 3.64. The van der Waals surface area contributed by atoms with Crippen LogP contribution < -0.4 is 5.73 Å². The standard InChI is InChI=1S/C12H15N3S/c1-9-8-10(11-4-3-7-16-11)15-12(14-9)5-2-6-13/h3-4,7-8H,2,5-6,13H2,1H3. The number of hydrogen-bond donors (Lipinski definition) is 1. The molecule has 16 heavy (non-hydrogen) atoms. The van der Waals surface area contributed by atoms with Crippen molar-refractivity contribution in [1.29, 1.82) is 0 Å². The normalized spacial score (nSPS) is 10.6. The molecule has 0 saturated heterocycles. The van der Waals surface area contributed by atoms with Crippen LogP contribution in [0.4, 0.5) is 0 Å². The summed E-state index contributed by atoms with van der Waals surface area (Å²) in [6.45, 7) is 2.69. The minimum absolute atomic E-state index is 0.686. The van der Waals surface area contributed by atoms with Crippen molar-refractivity contribution in [3.8, 4) is 10.6 Å². The predicted molar refractivity (Wildman–Crippen MR) is 67.5 cm³/mol. The van der Waals surface area contributed by atoms with Gasteiger partial charge in [0.05, 0.1) is 10.6 Å². The Morgan fingerprint density at radius 1 is 1.38 bits per heavy atom. The van der Waals surface area contributed by atoms with Gasteiger partial charge in [-0.25, -0.2) is 9.97 Å². The number of aromatic nitrogens is 2. The summed E-state index contributed by atoms with van der Waals surface area (Å²) in [5.74, 6) is 0.897. The number of nitrogens with two attached hydrogens (primary N) is 1. The van der Waals surface area contributed by atoms with Gasteiger partial charge >= 0.3 is 0 Å². The van der Waals surface area contributed by atoms with Gasteiger partial charge in [-0.05, 0) is 37.4 Å². The van der Waals surface area contributed by atoms with Crippen molar-refractivity contribution >= 4 is 11.3 Å². The molecule has 2 aromatic rings. The van der Waals surface area contributed by atoms with Gasteiger partial charge < -0.3 is 5.73 Å². The molecule has 0 radical (unpaired) electrons. The molecule has 0 saturated carbocycles. The number of nitrogens with zero attached hydrogens (tertiary/aromatic N) is 2. The smallest absolute Gasteiger partial charge is 0.129 e. The zero-order valence-electron chi connectivity index (χ0n) is 9.31. The van der Waals surface area contributed by atoms with Crippen molar-refractivity contribution in [2.75, 3.05) is 6.54 Å². The second-order valence-electron chi connectivity index (χ2n) is 3.68. The SMILES string of the molecule is Cc1cc(-c2cccs2)nc(CCCN)n1. The maximum atomic E-state index is 5.49. The van der Waals surface area contributed by atoms with E-state index in [-0.39, 0.29) is 0 Å². The topological polar surface area (TPSA) is 51.8 Å². The van der Waals surface area contributed by atoms with Crippen molar-refractivity contribution < 1.29 is 0 Å². The van der Waals surface area contributed by atoms with Crippen LogP contribution in [0.15, 0.2) is 23.6 Å². The Morgan fingerprint density at radius 2 is 2.25 bits per heavy atom. The molecule has 0 unspecified atom stereocenters. The summed E-state index contributed by atoms with van der Waals surface area (Å²) in [6, 6.07) is 6.15. The fourth-order valence-electron chi connectivity index (χ4n) is 1.55. The first-order valence-electron chi connectivity index (χ1n) is 5.38. The van der Waals surface area contributed by atoms with Crippen LogP contribution in [0.3, 0.4) is 0 Å². The molecular formula is C12H15N3S. The summed E-state index contributed by atoms with van der Waals surface area (Å²) in [7, 11) is 0. The predicted octanol–water partition coefficient (Wildman–Crippen LogP) is 2.40. The molecule has 0 atom stereocenters. The van der Waals surface area contributed by atoms with E-state index in [1.54, 1.807) is 11.3 Å². The minimum Gasteiger partial charge on any atom is -0.330 e. The van der Waals surface area contributed by atoms with Gasteiger partial charge in [-0.15, -0.1) is 11.3 Å². The number of rotatable bonds is 4. The summed E-state index contributed by atoms with van der Waals surface area (Å²) in [5.41, 5.74) is 7.54. The van der Waals surface area contributed by atoms with Crippen LogP contribution in [-0.4, -0.2) is 16.5 Å². The quantitative estimate of drug-likeness (QED) is 0.882. The molecule has 4 heteroatoms. The first-order valence-corrected chi connectivity index (χ1v) is 6.26. The van der Waals surface area contributed by atoms with E-state index >= 15 is 0 Å². The highest BCUT2D eigenvalue weighted by molar-refractivity contribution is 7.13. The van der Waals surface area contributed by atoms with Gasteiger partial charge in [-0.2, -0.15) is 0 Å². The van der Waals surface area contributed by atoms with Crippen LogP contribution >= 0.6 is 11.3 Å². The van der Waals surface area contributed by atoms with Crippen molar-refractivity contribution in [3.63, 3.8) is 0 Å². The average Bonchev–Trinajstić information content (AvgIpc) is 2.79. The fraction of sp³-hybridized carbons (Fsp3) is 0.333. The maximum Gasteiger partial charge on any atom is 0.129 e. The molecule has 0 aliphatic carbocycles. The molecule has 2 aromatic heterocycles. The number of hydrogen-bond acceptors (Lipinski definition) is 4. The Morgan fingerprint density at radius 3 is 2.94 bits per heavy atom. The van der Waals surface area contributed by atoms with Gasteiger partial charge in [-0.1, -0.05) is 6.07 Å². The lowest BCUT2D eigenvalue weighted by atomic mass is 10.2. The van der Waals surface area contributed by atoms with Crippen molar-refractivity contribution in [2.45, 2.75) is 19.8 Å². The molecule has 84 valence electrons. The summed E-state index contributed by atoms with van der Waals surface area (Å²) in [5, 5.41) is 2.06. The molecule has 2 rings (SSSR count). The highest BCUT2D eigenvalue weighted by atomic mass is 32.1. The molecule has 0 fully saturated rings. The van der Waals surface area contributed by atoms with Gasteiger partial charge in [0.1, 0.15) is 5.82 Å². The van der Waals surface area contributed by atoms with E-state index < -0.39 is 0 Å². The van der Waals surface area contributed by atoms with E-state index in [2.05, 4.69) is 21.4 Å². The number of thiophene rings is 1. The van der Waals surface area contributed by atoms with Crippen LogP contribution in [0.25, 0.3) is 10.6 Å². The maximum absolute atomic E-state index is 5.49. The van der Waals surface area contributed by atoms with Gasteiger partial charge in [-0.3, -0.25) is 0 Å². The molecular weight excluding hydrogens is 218 g/mol. The molecule has 0 bridgehead atoms. The van der Waals surface area contributed by atoms with Crippen LogP contribution in [0, 0.1) is 6.92 Å².